The number of sulfonamides is 1. The van der Waals surface area contributed by atoms with Crippen molar-refractivity contribution in [1.29, 1.82) is 0 Å². The molecule has 0 saturated heterocycles. The van der Waals surface area contributed by atoms with Gasteiger partial charge in [-0.25, -0.2) is 12.7 Å². The molecule has 0 radical (unpaired) electrons. The van der Waals surface area contributed by atoms with Crippen molar-refractivity contribution in [3.05, 3.63) is 90.0 Å². The van der Waals surface area contributed by atoms with Crippen LogP contribution in [0.3, 0.4) is 0 Å². The number of carbonyl (C=O) groups is 2. The lowest BCUT2D eigenvalue weighted by Gasteiger charge is -2.29. The molecule has 11 heteroatoms. The van der Waals surface area contributed by atoms with Crippen molar-refractivity contribution >= 4 is 33.2 Å². The lowest BCUT2D eigenvalue weighted by atomic mass is 9.95. The molecule has 4 N–H and O–H groups in total. The molecular formula is C34H44N4O6S. The predicted octanol–water partition coefficient (Wildman–Crippen LogP) is 3.92. The summed E-state index contributed by atoms with van der Waals surface area (Å²) < 4.78 is 32.8. The molecule has 1 fully saturated rings. The second-order valence-corrected chi connectivity index (χ2v) is 13.4. The van der Waals surface area contributed by atoms with Gasteiger partial charge in [-0.2, -0.15) is 0 Å². The summed E-state index contributed by atoms with van der Waals surface area (Å²) in [6, 6.07) is 21.4. The van der Waals surface area contributed by atoms with Crippen molar-refractivity contribution in [2.45, 2.75) is 69.7 Å². The number of methoxy groups -OCH3 is 1. The Kier molecular flexibility index (Phi) is 12.0. The van der Waals surface area contributed by atoms with Crippen LogP contribution in [0.2, 0.25) is 0 Å². The summed E-state index contributed by atoms with van der Waals surface area (Å²) in [6.07, 6.45) is 5.66. The van der Waals surface area contributed by atoms with Crippen molar-refractivity contribution in [2.75, 3.05) is 24.2 Å². The molecule has 0 aliphatic heterocycles. The molecule has 4 rings (SSSR count). The molecule has 0 spiro atoms. The Hall–Kier alpha value is -3.93. The molecule has 0 unspecified atom stereocenters. The fourth-order valence-electron chi connectivity index (χ4n) is 5.63. The third-order valence-corrected chi connectivity index (χ3v) is 9.12. The van der Waals surface area contributed by atoms with E-state index in [9.17, 15) is 23.1 Å². The highest BCUT2D eigenvalue weighted by molar-refractivity contribution is 7.92. The molecule has 0 heterocycles. The van der Waals surface area contributed by atoms with Gasteiger partial charge in [-0.15, -0.1) is 0 Å². The summed E-state index contributed by atoms with van der Waals surface area (Å²) in [6.45, 7) is 1.80. The normalized spacial score (nSPS) is 15.8. The molecule has 10 nitrogen and oxygen atoms in total. The summed E-state index contributed by atoms with van der Waals surface area (Å²) >= 11 is 0. The lowest BCUT2D eigenvalue weighted by molar-refractivity contribution is -0.123. The maximum atomic E-state index is 13.9. The van der Waals surface area contributed by atoms with Crippen molar-refractivity contribution < 1.29 is 27.9 Å². The number of nitrogens with zero attached hydrogens (tertiary/aromatic N) is 1. The quantitative estimate of drug-likeness (QED) is 0.211. The number of aliphatic hydroxyl groups excluding tert-OH is 1. The first-order valence-electron chi connectivity index (χ1n) is 15.4. The molecular weight excluding hydrogens is 592 g/mol. The van der Waals surface area contributed by atoms with Crippen LogP contribution in [-0.2, 0) is 21.2 Å². The molecule has 3 aromatic carbocycles. The van der Waals surface area contributed by atoms with Crippen molar-refractivity contribution in [3.8, 4) is 5.75 Å². The molecule has 242 valence electrons. The lowest BCUT2D eigenvalue weighted by Crippen LogP contribution is -2.53. The Balaban J connectivity index is 1.55. The molecule has 1 aliphatic carbocycles. The van der Waals surface area contributed by atoms with Gasteiger partial charge in [-0.05, 0) is 56.0 Å². The second kappa shape index (κ2) is 15.9. The largest absolute Gasteiger partial charge is 0.495 e. The van der Waals surface area contributed by atoms with Crippen LogP contribution in [0.15, 0.2) is 78.9 Å². The number of benzene rings is 3. The fourth-order valence-corrected chi connectivity index (χ4v) is 6.66. The number of hydrogen-bond acceptors (Lipinski definition) is 7. The minimum Gasteiger partial charge on any atom is -0.495 e. The zero-order valence-corrected chi connectivity index (χ0v) is 26.9. The minimum absolute atomic E-state index is 0.0510. The van der Waals surface area contributed by atoms with Gasteiger partial charge in [0.05, 0.1) is 48.5 Å². The Labute approximate surface area is 266 Å². The Morgan fingerprint density at radius 1 is 0.933 bits per heavy atom. The predicted molar refractivity (Wildman–Crippen MR) is 176 cm³/mol. The maximum absolute atomic E-state index is 13.9. The Morgan fingerprint density at radius 2 is 1.56 bits per heavy atom. The van der Waals surface area contributed by atoms with E-state index in [1.165, 1.54) is 13.5 Å². The third-order valence-electron chi connectivity index (χ3n) is 8.06. The van der Waals surface area contributed by atoms with Crippen molar-refractivity contribution in [3.63, 3.8) is 0 Å². The van der Waals surface area contributed by atoms with E-state index in [1.54, 1.807) is 55.5 Å². The van der Waals surface area contributed by atoms with E-state index in [4.69, 9.17) is 4.74 Å². The number of ether oxygens (including phenoxy) is 1. The smallest absolute Gasteiger partial charge is 0.253 e. The van der Waals surface area contributed by atoms with Crippen LogP contribution in [0.4, 0.5) is 11.4 Å². The molecule has 3 aromatic rings. The van der Waals surface area contributed by atoms with Gasteiger partial charge in [-0.1, -0.05) is 73.9 Å². The Morgan fingerprint density at radius 3 is 2.22 bits per heavy atom. The van der Waals surface area contributed by atoms with E-state index in [1.807, 2.05) is 30.3 Å². The number of carbonyl (C=O) groups excluding carboxylic acids is 2. The first-order chi connectivity index (χ1) is 21.6. The highest BCUT2D eigenvalue weighted by atomic mass is 32.2. The highest BCUT2D eigenvalue weighted by Gasteiger charge is 2.30. The average Bonchev–Trinajstić information content (AvgIpc) is 3.04. The van der Waals surface area contributed by atoms with Gasteiger partial charge in [0.2, 0.25) is 15.9 Å². The second-order valence-electron chi connectivity index (χ2n) is 11.5. The SMILES string of the molecule is COc1ccccc1N(c1ccccc1C(=O)N[C@@H](Cc1ccccc1)[C@H](O)CN[C@@H](C)C(=O)NC1CCCCC1)S(C)(=O)=O. The maximum Gasteiger partial charge on any atom is 0.253 e. The molecule has 0 bridgehead atoms. The van der Waals surface area contributed by atoms with E-state index in [0.29, 0.717) is 12.2 Å². The number of rotatable bonds is 14. The van der Waals surface area contributed by atoms with Crippen molar-refractivity contribution in [1.82, 2.24) is 16.0 Å². The van der Waals surface area contributed by atoms with Gasteiger partial charge in [0, 0.05) is 12.6 Å². The topological polar surface area (TPSA) is 137 Å². The van der Waals surface area contributed by atoms with E-state index >= 15 is 0 Å². The van der Waals surface area contributed by atoms with Crippen LogP contribution in [0, 0.1) is 0 Å². The number of para-hydroxylation sites is 3. The molecule has 45 heavy (non-hydrogen) atoms. The van der Waals surface area contributed by atoms with Gasteiger partial charge in [0.25, 0.3) is 5.91 Å². The van der Waals surface area contributed by atoms with Crippen LogP contribution in [-0.4, -0.2) is 69.5 Å². The number of anilines is 2. The van der Waals surface area contributed by atoms with Gasteiger partial charge in [0.1, 0.15) is 5.75 Å². The van der Waals surface area contributed by atoms with Gasteiger partial charge < -0.3 is 25.8 Å². The number of hydrogen-bond donors (Lipinski definition) is 4. The monoisotopic (exact) mass is 636 g/mol. The summed E-state index contributed by atoms with van der Waals surface area (Å²) in [5.41, 5.74) is 1.40. The summed E-state index contributed by atoms with van der Waals surface area (Å²) in [4.78, 5) is 26.7. The Bertz CT molecular complexity index is 1530. The zero-order chi connectivity index (χ0) is 32.4. The van der Waals surface area contributed by atoms with Crippen LogP contribution >= 0.6 is 0 Å². The van der Waals surface area contributed by atoms with Crippen LogP contribution in [0.5, 0.6) is 5.75 Å². The van der Waals surface area contributed by atoms with Crippen LogP contribution < -0.4 is 25.0 Å². The van der Waals surface area contributed by atoms with Crippen molar-refractivity contribution in [2.24, 2.45) is 0 Å². The zero-order valence-electron chi connectivity index (χ0n) is 26.1. The average molecular weight is 637 g/mol. The molecule has 0 aromatic heterocycles. The molecule has 1 aliphatic rings. The first-order valence-corrected chi connectivity index (χ1v) is 17.2. The summed E-state index contributed by atoms with van der Waals surface area (Å²) in [5, 5.41) is 20.5. The first kappa shape index (κ1) is 34.0. The van der Waals surface area contributed by atoms with E-state index < -0.39 is 34.1 Å². The van der Waals surface area contributed by atoms with E-state index in [-0.39, 0.29) is 35.4 Å². The highest BCUT2D eigenvalue weighted by Crippen LogP contribution is 2.37. The van der Waals surface area contributed by atoms with Gasteiger partial charge in [-0.3, -0.25) is 9.59 Å². The summed E-state index contributed by atoms with van der Waals surface area (Å²) in [7, 11) is -2.47. The number of nitrogens with one attached hydrogen (secondary N) is 3. The molecule has 3 atom stereocenters. The molecule has 1 saturated carbocycles. The standard InChI is InChI=1S/C34H44N4O6S/c1-24(33(40)36-26-16-8-5-9-17-26)35-23-31(39)28(22-25-14-6-4-7-15-25)37-34(41)27-18-10-11-19-29(27)38(45(3,42)43)30-20-12-13-21-32(30)44-2/h4,6-7,10-15,18-21,24,26,28,31,35,39H,5,8-9,16-17,22-23H2,1-3H3,(H,36,40)(H,37,41)/t24-,28-,31+/m0/s1. The molecule has 2 amide bonds. The van der Waals surface area contributed by atoms with Crippen LogP contribution in [0.25, 0.3) is 0 Å². The van der Waals surface area contributed by atoms with Gasteiger partial charge >= 0.3 is 0 Å². The third kappa shape index (κ3) is 9.29. The number of aliphatic hydroxyl groups is 1. The van der Waals surface area contributed by atoms with E-state index in [0.717, 1.165) is 41.8 Å². The van der Waals surface area contributed by atoms with Crippen LogP contribution in [0.1, 0.15) is 54.9 Å². The number of amides is 2. The van der Waals surface area contributed by atoms with Gasteiger partial charge in [0.15, 0.2) is 0 Å². The fraction of sp³-hybridized carbons (Fsp3) is 0.412. The van der Waals surface area contributed by atoms with E-state index in [2.05, 4.69) is 16.0 Å². The summed E-state index contributed by atoms with van der Waals surface area (Å²) in [5.74, 6) is -0.357. The minimum atomic E-state index is -3.91.